The Morgan fingerprint density at radius 2 is 2.45 bits per heavy atom. The van der Waals surface area contributed by atoms with E-state index in [0.29, 0.717) is 25.4 Å². The van der Waals surface area contributed by atoms with Crippen LogP contribution in [0, 0.1) is 5.92 Å². The molecule has 1 atom stereocenters. The summed E-state index contributed by atoms with van der Waals surface area (Å²) >= 11 is 0. The lowest BCUT2D eigenvalue weighted by Crippen LogP contribution is -2.35. The number of hydrogen-bond acceptors (Lipinski definition) is 3. The van der Waals surface area contributed by atoms with Crippen LogP contribution in [0.2, 0.25) is 0 Å². The van der Waals surface area contributed by atoms with Crippen molar-refractivity contribution in [1.29, 1.82) is 0 Å². The summed E-state index contributed by atoms with van der Waals surface area (Å²) in [4.78, 5) is 21.7. The molecule has 20 heavy (non-hydrogen) atoms. The molecule has 0 radical (unpaired) electrons. The fourth-order valence-electron chi connectivity index (χ4n) is 2.67. The Morgan fingerprint density at radius 1 is 1.55 bits per heavy atom. The highest BCUT2D eigenvalue weighted by molar-refractivity contribution is 5.92. The van der Waals surface area contributed by atoms with E-state index in [1.54, 1.807) is 25.6 Å². The monoisotopic (exact) mass is 274 g/mol. The first-order valence-corrected chi connectivity index (χ1v) is 6.69. The molecule has 0 saturated heterocycles. The van der Waals surface area contributed by atoms with Gasteiger partial charge >= 0.3 is 0 Å². The second-order valence-corrected chi connectivity index (χ2v) is 5.09. The van der Waals surface area contributed by atoms with E-state index in [0.717, 1.165) is 12.4 Å². The first kappa shape index (κ1) is 12.9. The van der Waals surface area contributed by atoms with E-state index in [1.165, 1.54) is 0 Å². The van der Waals surface area contributed by atoms with Crippen molar-refractivity contribution in [1.82, 2.24) is 19.4 Å². The highest BCUT2D eigenvalue weighted by atomic mass is 16.5. The maximum atomic E-state index is 12.5. The smallest absolute Gasteiger partial charge is 0.270 e. The predicted molar refractivity (Wildman–Crippen MR) is 73.1 cm³/mol. The number of nitrogens with zero attached hydrogens (tertiary/aromatic N) is 3. The molecule has 106 valence electrons. The van der Waals surface area contributed by atoms with Gasteiger partial charge in [-0.3, -0.25) is 4.79 Å². The van der Waals surface area contributed by atoms with Crippen LogP contribution in [-0.2, 0) is 17.8 Å². The topological polar surface area (TPSA) is 63.1 Å². The average Bonchev–Trinajstić information content (AvgIpc) is 3.07. The van der Waals surface area contributed by atoms with Gasteiger partial charge in [0.25, 0.3) is 5.91 Å². The van der Waals surface area contributed by atoms with Gasteiger partial charge in [0.15, 0.2) is 0 Å². The number of carbonyl (C=O) groups excluding carboxylic acids is 1. The van der Waals surface area contributed by atoms with E-state index in [2.05, 4.69) is 14.5 Å². The Hall–Kier alpha value is -2.08. The second kappa shape index (κ2) is 5.50. The van der Waals surface area contributed by atoms with Crippen LogP contribution < -0.4 is 0 Å². The van der Waals surface area contributed by atoms with Crippen molar-refractivity contribution in [3.05, 3.63) is 42.2 Å². The minimum atomic E-state index is 0.00699. The van der Waals surface area contributed by atoms with Gasteiger partial charge in [0.2, 0.25) is 0 Å². The molecule has 3 heterocycles. The SMILES string of the molecule is COCC1CN(C(=O)c2ccc[nH]2)Cc2nccn2C1. The maximum Gasteiger partial charge on any atom is 0.270 e. The van der Waals surface area contributed by atoms with Crippen LogP contribution in [0.15, 0.2) is 30.7 Å². The number of imidazole rings is 1. The van der Waals surface area contributed by atoms with Crippen LogP contribution in [0.3, 0.4) is 0 Å². The van der Waals surface area contributed by atoms with Gasteiger partial charge in [-0.05, 0) is 12.1 Å². The molecule has 0 spiro atoms. The maximum absolute atomic E-state index is 12.5. The molecule has 0 saturated carbocycles. The van der Waals surface area contributed by atoms with E-state index in [1.807, 2.05) is 17.2 Å². The van der Waals surface area contributed by atoms with Gasteiger partial charge in [0.1, 0.15) is 11.5 Å². The highest BCUT2D eigenvalue weighted by Crippen LogP contribution is 2.17. The molecular weight excluding hydrogens is 256 g/mol. The van der Waals surface area contributed by atoms with E-state index in [9.17, 15) is 4.79 Å². The molecule has 0 aliphatic carbocycles. The number of ether oxygens (including phenoxy) is 1. The number of carbonyl (C=O) groups is 1. The lowest BCUT2D eigenvalue weighted by molar-refractivity contribution is 0.0661. The molecule has 1 N–H and O–H groups in total. The van der Waals surface area contributed by atoms with Crippen LogP contribution in [0.1, 0.15) is 16.3 Å². The Labute approximate surface area is 117 Å². The Kier molecular flexibility index (Phi) is 3.56. The zero-order chi connectivity index (χ0) is 13.9. The number of nitrogens with one attached hydrogen (secondary N) is 1. The van der Waals surface area contributed by atoms with E-state index in [-0.39, 0.29) is 11.8 Å². The zero-order valence-corrected chi connectivity index (χ0v) is 11.5. The fraction of sp³-hybridized carbons (Fsp3) is 0.429. The molecule has 3 rings (SSSR count). The summed E-state index contributed by atoms with van der Waals surface area (Å²) < 4.78 is 7.37. The Bertz CT molecular complexity index is 576. The van der Waals surface area contributed by atoms with Crippen molar-refractivity contribution in [3.8, 4) is 0 Å². The summed E-state index contributed by atoms with van der Waals surface area (Å²) in [6, 6.07) is 3.63. The summed E-state index contributed by atoms with van der Waals surface area (Å²) in [5.41, 5.74) is 0.612. The molecule has 1 aliphatic heterocycles. The number of aromatic amines is 1. The minimum Gasteiger partial charge on any atom is -0.384 e. The Balaban J connectivity index is 1.85. The molecule has 0 bridgehead atoms. The molecule has 1 aliphatic rings. The summed E-state index contributed by atoms with van der Waals surface area (Å²) in [5.74, 6) is 1.20. The Morgan fingerprint density at radius 3 is 3.20 bits per heavy atom. The van der Waals surface area contributed by atoms with E-state index in [4.69, 9.17) is 4.74 Å². The van der Waals surface area contributed by atoms with Gasteiger partial charge in [-0.25, -0.2) is 4.98 Å². The van der Waals surface area contributed by atoms with Crippen molar-refractivity contribution < 1.29 is 9.53 Å². The van der Waals surface area contributed by atoms with Crippen molar-refractivity contribution in [2.75, 3.05) is 20.3 Å². The summed E-state index contributed by atoms with van der Waals surface area (Å²) in [5, 5.41) is 0. The van der Waals surface area contributed by atoms with Crippen molar-refractivity contribution in [2.24, 2.45) is 5.92 Å². The lowest BCUT2D eigenvalue weighted by Gasteiger charge is -2.23. The van der Waals surface area contributed by atoms with Gasteiger partial charge < -0.3 is 19.2 Å². The molecule has 0 fully saturated rings. The molecule has 2 aromatic rings. The number of H-pyrrole nitrogens is 1. The third-order valence-corrected chi connectivity index (χ3v) is 3.59. The third-order valence-electron chi connectivity index (χ3n) is 3.59. The van der Waals surface area contributed by atoms with Crippen molar-refractivity contribution in [2.45, 2.75) is 13.1 Å². The van der Waals surface area contributed by atoms with E-state index < -0.39 is 0 Å². The molecule has 0 aromatic carbocycles. The van der Waals surface area contributed by atoms with Crippen LogP contribution in [0.4, 0.5) is 0 Å². The molecule has 1 unspecified atom stereocenters. The lowest BCUT2D eigenvalue weighted by atomic mass is 10.1. The number of fused-ring (bicyclic) bond motifs is 1. The van der Waals surface area contributed by atoms with Gasteiger partial charge in [-0.1, -0.05) is 0 Å². The van der Waals surface area contributed by atoms with Crippen molar-refractivity contribution in [3.63, 3.8) is 0 Å². The molecule has 6 heteroatoms. The van der Waals surface area contributed by atoms with Gasteiger partial charge in [0.05, 0.1) is 13.2 Å². The van der Waals surface area contributed by atoms with Gasteiger partial charge in [-0.15, -0.1) is 0 Å². The molecular formula is C14H18N4O2. The van der Waals surface area contributed by atoms with Gasteiger partial charge in [-0.2, -0.15) is 0 Å². The first-order chi connectivity index (χ1) is 9.78. The second-order valence-electron chi connectivity index (χ2n) is 5.09. The van der Waals surface area contributed by atoms with Gasteiger partial charge in [0, 0.05) is 44.7 Å². The van der Waals surface area contributed by atoms with Crippen molar-refractivity contribution >= 4 is 5.91 Å². The molecule has 6 nitrogen and oxygen atoms in total. The number of amides is 1. The quantitative estimate of drug-likeness (QED) is 0.912. The van der Waals surface area contributed by atoms with Crippen LogP contribution in [0.25, 0.3) is 0 Å². The predicted octanol–water partition coefficient (Wildman–Crippen LogP) is 1.13. The highest BCUT2D eigenvalue weighted by Gasteiger charge is 2.26. The third kappa shape index (κ3) is 2.46. The largest absolute Gasteiger partial charge is 0.384 e. The number of methoxy groups -OCH3 is 1. The standard InChI is InChI=1S/C14H18N4O2/c1-20-10-11-7-17-6-5-16-13(17)9-18(8-11)14(19)12-3-2-4-15-12/h2-6,11,15H,7-10H2,1H3. The number of rotatable bonds is 3. The van der Waals surface area contributed by atoms with Crippen LogP contribution in [-0.4, -0.2) is 45.6 Å². The summed E-state index contributed by atoms with van der Waals surface area (Å²) in [7, 11) is 1.69. The van der Waals surface area contributed by atoms with E-state index >= 15 is 0 Å². The fourth-order valence-corrected chi connectivity index (χ4v) is 2.67. The first-order valence-electron chi connectivity index (χ1n) is 6.69. The molecule has 1 amide bonds. The van der Waals surface area contributed by atoms with Crippen LogP contribution >= 0.6 is 0 Å². The number of aromatic nitrogens is 3. The van der Waals surface area contributed by atoms with Crippen LogP contribution in [0.5, 0.6) is 0 Å². The average molecular weight is 274 g/mol. The number of hydrogen-bond donors (Lipinski definition) is 1. The zero-order valence-electron chi connectivity index (χ0n) is 11.5. The molecule has 2 aromatic heterocycles. The normalized spacial score (nSPS) is 18.6. The summed E-state index contributed by atoms with van der Waals surface area (Å²) in [6.07, 6.45) is 5.50. The summed E-state index contributed by atoms with van der Waals surface area (Å²) in [6.45, 7) is 2.67. The minimum absolute atomic E-state index is 0.00699.